The SMILES string of the molecule is CS(=O)(=O)Cc1ccc(-c2ccc(O)cc2)nc1. The van der Waals surface area contributed by atoms with Crippen molar-refractivity contribution in [3.63, 3.8) is 0 Å². The highest BCUT2D eigenvalue weighted by Gasteiger charge is 2.05. The van der Waals surface area contributed by atoms with Crippen LogP contribution in [0.25, 0.3) is 11.3 Å². The van der Waals surface area contributed by atoms with E-state index in [4.69, 9.17) is 0 Å². The number of sulfone groups is 1. The fourth-order valence-corrected chi connectivity index (χ4v) is 2.39. The summed E-state index contributed by atoms with van der Waals surface area (Å²) in [5, 5.41) is 9.19. The van der Waals surface area contributed by atoms with Crippen LogP contribution in [-0.4, -0.2) is 24.8 Å². The zero-order chi connectivity index (χ0) is 13.2. The topological polar surface area (TPSA) is 67.3 Å². The van der Waals surface area contributed by atoms with E-state index in [2.05, 4.69) is 4.98 Å². The summed E-state index contributed by atoms with van der Waals surface area (Å²) >= 11 is 0. The van der Waals surface area contributed by atoms with Crippen molar-refractivity contribution in [3.05, 3.63) is 48.2 Å². The lowest BCUT2D eigenvalue weighted by molar-refractivity contribution is 0.475. The van der Waals surface area contributed by atoms with Gasteiger partial charge in [-0.15, -0.1) is 0 Å². The largest absolute Gasteiger partial charge is 0.508 e. The molecule has 0 spiro atoms. The number of pyridine rings is 1. The summed E-state index contributed by atoms with van der Waals surface area (Å²) in [5.74, 6) is 0.197. The Morgan fingerprint density at radius 2 is 1.78 bits per heavy atom. The molecule has 0 saturated heterocycles. The average Bonchev–Trinajstić information content (AvgIpc) is 2.29. The molecule has 0 atom stereocenters. The molecule has 0 aliphatic carbocycles. The Kier molecular flexibility index (Phi) is 3.34. The third-order valence-electron chi connectivity index (χ3n) is 2.42. The van der Waals surface area contributed by atoms with Crippen molar-refractivity contribution in [2.75, 3.05) is 6.26 Å². The standard InChI is InChI=1S/C13H13NO3S/c1-18(16,17)9-10-2-7-13(14-8-10)11-3-5-12(15)6-4-11/h2-8,15H,9H2,1H3. The molecule has 0 aliphatic heterocycles. The number of nitrogens with zero attached hydrogens (tertiary/aromatic N) is 1. The lowest BCUT2D eigenvalue weighted by Gasteiger charge is -2.03. The van der Waals surface area contributed by atoms with Gasteiger partial charge in [0.15, 0.2) is 9.84 Å². The van der Waals surface area contributed by atoms with Crippen molar-refractivity contribution in [3.8, 4) is 17.0 Å². The predicted octanol–water partition coefficient (Wildman–Crippen LogP) is 2.00. The van der Waals surface area contributed by atoms with Crippen LogP contribution in [-0.2, 0) is 15.6 Å². The van der Waals surface area contributed by atoms with Gasteiger partial charge in [-0.2, -0.15) is 0 Å². The molecule has 2 rings (SSSR count). The molecule has 1 heterocycles. The normalized spacial score (nSPS) is 11.4. The minimum absolute atomic E-state index is 0.00411. The Morgan fingerprint density at radius 3 is 2.28 bits per heavy atom. The van der Waals surface area contributed by atoms with Crippen molar-refractivity contribution >= 4 is 9.84 Å². The average molecular weight is 263 g/mol. The molecule has 0 unspecified atom stereocenters. The van der Waals surface area contributed by atoms with Gasteiger partial charge >= 0.3 is 0 Å². The van der Waals surface area contributed by atoms with Gasteiger partial charge in [0.25, 0.3) is 0 Å². The molecule has 2 aromatic rings. The van der Waals surface area contributed by atoms with E-state index in [1.807, 2.05) is 0 Å². The summed E-state index contributed by atoms with van der Waals surface area (Å²) in [6, 6.07) is 10.2. The van der Waals surface area contributed by atoms with Gasteiger partial charge in [0.05, 0.1) is 11.4 Å². The smallest absolute Gasteiger partial charge is 0.151 e. The lowest BCUT2D eigenvalue weighted by Crippen LogP contribution is -2.01. The monoisotopic (exact) mass is 263 g/mol. The highest BCUT2D eigenvalue weighted by atomic mass is 32.2. The third-order valence-corrected chi connectivity index (χ3v) is 3.27. The zero-order valence-corrected chi connectivity index (χ0v) is 10.7. The van der Waals surface area contributed by atoms with Gasteiger partial charge in [0.1, 0.15) is 5.75 Å². The van der Waals surface area contributed by atoms with Crippen molar-refractivity contribution in [2.24, 2.45) is 0 Å². The first kappa shape index (κ1) is 12.6. The predicted molar refractivity (Wildman–Crippen MR) is 69.9 cm³/mol. The fourth-order valence-electron chi connectivity index (χ4n) is 1.62. The van der Waals surface area contributed by atoms with Crippen LogP contribution in [0.15, 0.2) is 42.6 Å². The molecule has 0 radical (unpaired) electrons. The van der Waals surface area contributed by atoms with E-state index in [1.54, 1.807) is 42.6 Å². The van der Waals surface area contributed by atoms with Crippen LogP contribution in [0.4, 0.5) is 0 Å². The van der Waals surface area contributed by atoms with Gasteiger partial charge in [0.2, 0.25) is 0 Å². The van der Waals surface area contributed by atoms with E-state index in [0.717, 1.165) is 11.3 Å². The maximum absolute atomic E-state index is 11.1. The number of phenolic OH excluding ortho intramolecular Hbond substituents is 1. The second kappa shape index (κ2) is 4.78. The zero-order valence-electron chi connectivity index (χ0n) is 9.87. The summed E-state index contributed by atoms with van der Waals surface area (Å²) in [5.41, 5.74) is 2.28. The van der Waals surface area contributed by atoms with E-state index in [1.165, 1.54) is 6.26 Å². The van der Waals surface area contributed by atoms with Crippen LogP contribution in [0.5, 0.6) is 5.75 Å². The highest BCUT2D eigenvalue weighted by Crippen LogP contribution is 2.20. The minimum atomic E-state index is -3.03. The quantitative estimate of drug-likeness (QED) is 0.919. The fraction of sp³-hybridized carbons (Fsp3) is 0.154. The number of hydrogen-bond acceptors (Lipinski definition) is 4. The summed E-state index contributed by atoms with van der Waals surface area (Å²) in [6.45, 7) is 0. The van der Waals surface area contributed by atoms with E-state index < -0.39 is 9.84 Å². The Morgan fingerprint density at radius 1 is 1.11 bits per heavy atom. The number of aromatic hydroxyl groups is 1. The van der Waals surface area contributed by atoms with E-state index in [0.29, 0.717) is 5.56 Å². The van der Waals surface area contributed by atoms with Crippen molar-refractivity contribution in [1.29, 1.82) is 0 Å². The van der Waals surface area contributed by atoms with Crippen molar-refractivity contribution < 1.29 is 13.5 Å². The summed E-state index contributed by atoms with van der Waals surface area (Å²) in [4.78, 5) is 4.22. The first-order chi connectivity index (χ1) is 8.44. The first-order valence-electron chi connectivity index (χ1n) is 5.36. The molecule has 0 bridgehead atoms. The van der Waals surface area contributed by atoms with Crippen LogP contribution in [0.2, 0.25) is 0 Å². The van der Waals surface area contributed by atoms with Gasteiger partial charge < -0.3 is 5.11 Å². The summed E-state index contributed by atoms with van der Waals surface area (Å²) in [6.07, 6.45) is 2.75. The molecule has 0 fully saturated rings. The molecular formula is C13H13NO3S. The molecule has 0 aliphatic rings. The first-order valence-corrected chi connectivity index (χ1v) is 7.42. The number of phenols is 1. The Labute approximate surface area is 106 Å². The Hall–Kier alpha value is -1.88. The van der Waals surface area contributed by atoms with Crippen LogP contribution < -0.4 is 0 Å². The molecule has 1 aromatic carbocycles. The van der Waals surface area contributed by atoms with Crippen molar-refractivity contribution in [2.45, 2.75) is 5.75 Å². The molecule has 0 saturated carbocycles. The number of aromatic nitrogens is 1. The molecule has 1 aromatic heterocycles. The third kappa shape index (κ3) is 3.30. The molecular weight excluding hydrogens is 250 g/mol. The Balaban J connectivity index is 2.25. The van der Waals surface area contributed by atoms with Gasteiger partial charge in [-0.05, 0) is 35.9 Å². The lowest BCUT2D eigenvalue weighted by atomic mass is 10.1. The van der Waals surface area contributed by atoms with E-state index >= 15 is 0 Å². The van der Waals surface area contributed by atoms with Crippen LogP contribution in [0, 0.1) is 0 Å². The van der Waals surface area contributed by atoms with Gasteiger partial charge in [-0.25, -0.2) is 8.42 Å². The van der Waals surface area contributed by atoms with Gasteiger partial charge in [-0.3, -0.25) is 4.98 Å². The maximum Gasteiger partial charge on any atom is 0.151 e. The summed E-state index contributed by atoms with van der Waals surface area (Å²) < 4.78 is 22.3. The van der Waals surface area contributed by atoms with Crippen molar-refractivity contribution in [1.82, 2.24) is 4.98 Å². The Bertz CT molecular complexity index is 631. The number of benzene rings is 1. The molecule has 4 nitrogen and oxygen atoms in total. The number of rotatable bonds is 3. The van der Waals surface area contributed by atoms with E-state index in [9.17, 15) is 13.5 Å². The maximum atomic E-state index is 11.1. The second-order valence-corrected chi connectivity index (χ2v) is 6.31. The van der Waals surface area contributed by atoms with Gasteiger partial charge in [0, 0.05) is 18.0 Å². The molecule has 94 valence electrons. The van der Waals surface area contributed by atoms with Crippen LogP contribution in [0.3, 0.4) is 0 Å². The molecule has 5 heteroatoms. The molecule has 18 heavy (non-hydrogen) atoms. The molecule has 1 N–H and O–H groups in total. The van der Waals surface area contributed by atoms with E-state index in [-0.39, 0.29) is 11.5 Å². The second-order valence-electron chi connectivity index (χ2n) is 4.17. The number of hydrogen-bond donors (Lipinski definition) is 1. The van der Waals surface area contributed by atoms with Gasteiger partial charge in [-0.1, -0.05) is 6.07 Å². The minimum Gasteiger partial charge on any atom is -0.508 e. The van der Waals surface area contributed by atoms with Crippen LogP contribution >= 0.6 is 0 Å². The molecule has 0 amide bonds. The highest BCUT2D eigenvalue weighted by molar-refractivity contribution is 7.89. The van der Waals surface area contributed by atoms with Crippen LogP contribution in [0.1, 0.15) is 5.56 Å². The summed E-state index contributed by atoms with van der Waals surface area (Å²) in [7, 11) is -3.03.